The molecule has 2 aromatic rings. The fourth-order valence-corrected chi connectivity index (χ4v) is 2.86. The number of nitrogens with zero attached hydrogens (tertiary/aromatic N) is 5. The standard InChI is InChI=1S/C15H18F3N5O2/c1-3-23-20-9(2)10(21-23)8-25-13(24)12-11-6-4-5-7-22(11)14(19-12)15(16,17)18/h3-8H2,1-2H3. The summed E-state index contributed by atoms with van der Waals surface area (Å²) in [6.07, 6.45) is -2.89. The van der Waals surface area contributed by atoms with Crippen LogP contribution in [-0.2, 0) is 37.0 Å². The summed E-state index contributed by atoms with van der Waals surface area (Å²) in [5.74, 6) is -1.91. The lowest BCUT2D eigenvalue weighted by Crippen LogP contribution is -2.19. The van der Waals surface area contributed by atoms with E-state index >= 15 is 0 Å². The number of esters is 1. The van der Waals surface area contributed by atoms with Gasteiger partial charge in [0.25, 0.3) is 0 Å². The van der Waals surface area contributed by atoms with E-state index in [1.165, 1.54) is 4.80 Å². The summed E-state index contributed by atoms with van der Waals surface area (Å²) in [7, 11) is 0. The number of carbonyl (C=O) groups excluding carboxylic acids is 1. The summed E-state index contributed by atoms with van der Waals surface area (Å²) in [6.45, 7) is 4.21. The van der Waals surface area contributed by atoms with Gasteiger partial charge < -0.3 is 9.30 Å². The Morgan fingerprint density at radius 2 is 2.04 bits per heavy atom. The fraction of sp³-hybridized carbons (Fsp3) is 0.600. The molecule has 25 heavy (non-hydrogen) atoms. The highest BCUT2D eigenvalue weighted by Gasteiger charge is 2.40. The van der Waals surface area contributed by atoms with Crippen LogP contribution < -0.4 is 0 Å². The van der Waals surface area contributed by atoms with Crippen LogP contribution in [0.15, 0.2) is 0 Å². The van der Waals surface area contributed by atoms with Crippen LogP contribution in [0, 0.1) is 6.92 Å². The van der Waals surface area contributed by atoms with Gasteiger partial charge >= 0.3 is 12.1 Å². The second-order valence-corrected chi connectivity index (χ2v) is 5.83. The normalized spacial score (nSPS) is 14.4. The summed E-state index contributed by atoms with van der Waals surface area (Å²) in [5.41, 5.74) is 1.11. The lowest BCUT2D eigenvalue weighted by atomic mass is 10.1. The van der Waals surface area contributed by atoms with E-state index in [0.29, 0.717) is 37.2 Å². The van der Waals surface area contributed by atoms with Gasteiger partial charge in [-0.15, -0.1) is 0 Å². The van der Waals surface area contributed by atoms with Crippen molar-refractivity contribution in [3.8, 4) is 0 Å². The highest BCUT2D eigenvalue weighted by molar-refractivity contribution is 5.88. The molecule has 3 rings (SSSR count). The Hall–Kier alpha value is -2.39. The first-order valence-electron chi connectivity index (χ1n) is 8.05. The quantitative estimate of drug-likeness (QED) is 0.786. The molecule has 0 amide bonds. The largest absolute Gasteiger partial charge is 0.454 e. The van der Waals surface area contributed by atoms with Crippen LogP contribution in [0.2, 0.25) is 0 Å². The number of carbonyl (C=O) groups is 1. The Kier molecular flexibility index (Phi) is 4.53. The zero-order valence-electron chi connectivity index (χ0n) is 13.9. The Balaban J connectivity index is 1.82. The van der Waals surface area contributed by atoms with Crippen molar-refractivity contribution in [2.75, 3.05) is 0 Å². The number of fused-ring (bicyclic) bond motifs is 1. The number of imidazole rings is 1. The minimum atomic E-state index is -4.61. The molecular weight excluding hydrogens is 339 g/mol. The van der Waals surface area contributed by atoms with Gasteiger partial charge in [0.05, 0.1) is 17.9 Å². The molecule has 0 unspecified atom stereocenters. The van der Waals surface area contributed by atoms with Crippen LogP contribution in [0.5, 0.6) is 0 Å². The minimum Gasteiger partial charge on any atom is -0.454 e. The SMILES string of the molecule is CCn1nc(C)c(COC(=O)c2nc(C(F)(F)F)n3c2CCCC3)n1. The Morgan fingerprint density at radius 1 is 1.28 bits per heavy atom. The van der Waals surface area contributed by atoms with Crippen LogP contribution in [0.1, 0.15) is 53.2 Å². The number of ether oxygens (including phenoxy) is 1. The highest BCUT2D eigenvalue weighted by Crippen LogP contribution is 2.33. The molecule has 0 saturated heterocycles. The first-order valence-corrected chi connectivity index (χ1v) is 8.05. The van der Waals surface area contributed by atoms with Gasteiger partial charge in [-0.05, 0) is 33.1 Å². The zero-order valence-corrected chi connectivity index (χ0v) is 13.9. The third-order valence-electron chi connectivity index (χ3n) is 4.11. The maximum Gasteiger partial charge on any atom is 0.449 e. The maximum absolute atomic E-state index is 13.1. The number of alkyl halides is 3. The summed E-state index contributed by atoms with van der Waals surface area (Å²) in [6, 6.07) is 0. The van der Waals surface area contributed by atoms with E-state index in [1.807, 2.05) is 6.92 Å². The first kappa shape index (κ1) is 17.4. The van der Waals surface area contributed by atoms with Crippen LogP contribution in [0.4, 0.5) is 13.2 Å². The summed E-state index contributed by atoms with van der Waals surface area (Å²) >= 11 is 0. The van der Waals surface area contributed by atoms with Crippen LogP contribution in [-0.4, -0.2) is 30.5 Å². The van der Waals surface area contributed by atoms with Crippen molar-refractivity contribution in [2.24, 2.45) is 0 Å². The summed E-state index contributed by atoms with van der Waals surface area (Å²) in [4.78, 5) is 17.3. The molecule has 0 fully saturated rings. The smallest absolute Gasteiger partial charge is 0.449 e. The number of rotatable bonds is 4. The molecule has 0 saturated carbocycles. The lowest BCUT2D eigenvalue weighted by molar-refractivity contribution is -0.147. The van der Waals surface area contributed by atoms with E-state index in [9.17, 15) is 18.0 Å². The van der Waals surface area contributed by atoms with E-state index in [2.05, 4.69) is 15.2 Å². The molecule has 1 aliphatic rings. The Bertz CT molecular complexity index is 794. The summed E-state index contributed by atoms with van der Waals surface area (Å²) < 4.78 is 45.7. The van der Waals surface area contributed by atoms with Gasteiger partial charge in [0.15, 0.2) is 5.69 Å². The first-order chi connectivity index (χ1) is 11.8. The van der Waals surface area contributed by atoms with E-state index in [-0.39, 0.29) is 24.5 Å². The molecular formula is C15H18F3N5O2. The number of halogens is 3. The van der Waals surface area contributed by atoms with Gasteiger partial charge in [-0.2, -0.15) is 28.2 Å². The monoisotopic (exact) mass is 357 g/mol. The highest BCUT2D eigenvalue weighted by atomic mass is 19.4. The van der Waals surface area contributed by atoms with Crippen molar-refractivity contribution >= 4 is 5.97 Å². The van der Waals surface area contributed by atoms with Gasteiger partial charge in [-0.3, -0.25) is 0 Å². The molecule has 0 atom stereocenters. The van der Waals surface area contributed by atoms with Gasteiger partial charge in [0, 0.05) is 6.54 Å². The predicted molar refractivity (Wildman–Crippen MR) is 79.7 cm³/mol. The van der Waals surface area contributed by atoms with Crippen LogP contribution in [0.3, 0.4) is 0 Å². The van der Waals surface area contributed by atoms with Gasteiger partial charge in [-0.1, -0.05) is 0 Å². The van der Waals surface area contributed by atoms with Crippen molar-refractivity contribution in [3.63, 3.8) is 0 Å². The number of hydrogen-bond donors (Lipinski definition) is 0. The average molecular weight is 357 g/mol. The minimum absolute atomic E-state index is 0.154. The van der Waals surface area contributed by atoms with Crippen LogP contribution >= 0.6 is 0 Å². The van der Waals surface area contributed by atoms with Gasteiger partial charge in [0.2, 0.25) is 5.82 Å². The zero-order chi connectivity index (χ0) is 18.2. The Morgan fingerprint density at radius 3 is 2.68 bits per heavy atom. The fourth-order valence-electron chi connectivity index (χ4n) is 2.86. The molecule has 2 aromatic heterocycles. The van der Waals surface area contributed by atoms with E-state index in [1.54, 1.807) is 6.92 Å². The molecule has 0 aliphatic carbocycles. The van der Waals surface area contributed by atoms with E-state index < -0.39 is 18.0 Å². The Labute approximate surface area is 141 Å². The van der Waals surface area contributed by atoms with Crippen LogP contribution in [0.25, 0.3) is 0 Å². The topological polar surface area (TPSA) is 74.8 Å². The summed E-state index contributed by atoms with van der Waals surface area (Å²) in [5, 5.41) is 8.28. The molecule has 0 spiro atoms. The molecule has 0 N–H and O–H groups in total. The number of aromatic nitrogens is 5. The van der Waals surface area contributed by atoms with Crippen molar-refractivity contribution in [1.29, 1.82) is 0 Å². The predicted octanol–water partition coefficient (Wildman–Crippen LogP) is 2.52. The molecule has 3 heterocycles. The molecule has 1 aliphatic heterocycles. The van der Waals surface area contributed by atoms with Gasteiger partial charge in [-0.25, -0.2) is 9.78 Å². The molecule has 136 valence electrons. The second-order valence-electron chi connectivity index (χ2n) is 5.83. The van der Waals surface area contributed by atoms with Crippen molar-refractivity contribution in [2.45, 2.75) is 59.0 Å². The number of aryl methyl sites for hydroxylation is 2. The second kappa shape index (κ2) is 6.49. The van der Waals surface area contributed by atoms with Crippen molar-refractivity contribution in [1.82, 2.24) is 24.5 Å². The van der Waals surface area contributed by atoms with E-state index in [0.717, 1.165) is 4.57 Å². The van der Waals surface area contributed by atoms with Crippen molar-refractivity contribution in [3.05, 3.63) is 28.6 Å². The third kappa shape index (κ3) is 3.38. The molecule has 7 nitrogen and oxygen atoms in total. The molecule has 10 heteroatoms. The molecule has 0 aromatic carbocycles. The van der Waals surface area contributed by atoms with Crippen molar-refractivity contribution < 1.29 is 22.7 Å². The third-order valence-corrected chi connectivity index (χ3v) is 4.11. The van der Waals surface area contributed by atoms with E-state index in [4.69, 9.17) is 4.74 Å². The number of hydrogen-bond acceptors (Lipinski definition) is 5. The molecule has 0 bridgehead atoms. The maximum atomic E-state index is 13.1. The lowest BCUT2D eigenvalue weighted by Gasteiger charge is -2.17. The van der Waals surface area contributed by atoms with Gasteiger partial charge in [0.1, 0.15) is 12.3 Å². The molecule has 0 radical (unpaired) electrons. The average Bonchev–Trinajstić information content (AvgIpc) is 3.13.